The van der Waals surface area contributed by atoms with E-state index >= 15 is 0 Å². The van der Waals surface area contributed by atoms with E-state index in [0.717, 1.165) is 32.7 Å². The number of H-pyrrole nitrogens is 1. The van der Waals surface area contributed by atoms with Crippen LogP contribution in [-0.4, -0.2) is 36.1 Å². The first-order valence-corrected chi connectivity index (χ1v) is 13.8. The van der Waals surface area contributed by atoms with Gasteiger partial charge in [0.1, 0.15) is 9.84 Å². The third-order valence-electron chi connectivity index (χ3n) is 5.59. The zero-order valence-electron chi connectivity index (χ0n) is 17.1. The van der Waals surface area contributed by atoms with Crippen LogP contribution in [0.1, 0.15) is 53.4 Å². The second-order valence-corrected chi connectivity index (χ2v) is 13.1. The van der Waals surface area contributed by atoms with Crippen LogP contribution in [0.2, 0.25) is 0 Å². The van der Waals surface area contributed by atoms with Gasteiger partial charge in [-0.15, -0.1) is 11.3 Å². The van der Waals surface area contributed by atoms with Gasteiger partial charge in [-0.2, -0.15) is 11.8 Å². The van der Waals surface area contributed by atoms with Gasteiger partial charge in [0.2, 0.25) is 0 Å². The number of amides is 1. The van der Waals surface area contributed by atoms with E-state index in [1.807, 2.05) is 24.0 Å². The van der Waals surface area contributed by atoms with Gasteiger partial charge < -0.3 is 10.7 Å². The van der Waals surface area contributed by atoms with Crippen molar-refractivity contribution in [1.29, 1.82) is 0 Å². The zero-order chi connectivity index (χ0) is 21.5. The molecule has 1 amide bonds. The maximum Gasteiger partial charge on any atom is 0.250 e. The van der Waals surface area contributed by atoms with Crippen molar-refractivity contribution in [1.82, 2.24) is 4.98 Å². The molecule has 1 aliphatic heterocycles. The van der Waals surface area contributed by atoms with Gasteiger partial charge in [0.15, 0.2) is 0 Å². The minimum absolute atomic E-state index is 0.166. The number of primary amides is 1. The summed E-state index contributed by atoms with van der Waals surface area (Å²) in [5.74, 6) is 1.11. The first-order valence-electron chi connectivity index (χ1n) is 10.1. The molecule has 5 nitrogen and oxygen atoms in total. The highest BCUT2D eigenvalue weighted by molar-refractivity contribution is 7.99. The van der Waals surface area contributed by atoms with Crippen LogP contribution in [0.15, 0.2) is 30.5 Å². The van der Waals surface area contributed by atoms with E-state index in [1.54, 1.807) is 11.3 Å². The van der Waals surface area contributed by atoms with Crippen LogP contribution in [-0.2, 0) is 15.6 Å². The van der Waals surface area contributed by atoms with E-state index in [1.165, 1.54) is 4.88 Å². The zero-order valence-corrected chi connectivity index (χ0v) is 19.6. The van der Waals surface area contributed by atoms with Gasteiger partial charge in [0.05, 0.1) is 22.6 Å². The second kappa shape index (κ2) is 8.40. The van der Waals surface area contributed by atoms with Gasteiger partial charge in [-0.25, -0.2) is 8.42 Å². The Balaban J connectivity index is 1.74. The van der Waals surface area contributed by atoms with Crippen LogP contribution in [0.3, 0.4) is 0 Å². The SMILES string of the molecule is CC(C)SCc1ccc(-c2cc(C(N)=O)c3[nH]cc(C4CCS(=O)(=O)CC4)c3c2)s1. The molecule has 3 N–H and O–H groups in total. The molecule has 0 unspecified atom stereocenters. The maximum atomic E-state index is 12.2. The number of carbonyl (C=O) groups excluding carboxylic acids is 1. The number of sulfone groups is 1. The summed E-state index contributed by atoms with van der Waals surface area (Å²) in [5, 5.41) is 1.55. The van der Waals surface area contributed by atoms with Crippen molar-refractivity contribution in [3.63, 3.8) is 0 Å². The van der Waals surface area contributed by atoms with Crippen molar-refractivity contribution in [3.8, 4) is 10.4 Å². The summed E-state index contributed by atoms with van der Waals surface area (Å²) in [4.78, 5) is 17.8. The number of hydrogen-bond donors (Lipinski definition) is 2. The Labute approximate surface area is 185 Å². The van der Waals surface area contributed by atoms with E-state index in [9.17, 15) is 13.2 Å². The first kappa shape index (κ1) is 21.5. The average Bonchev–Trinajstić information content (AvgIpc) is 3.32. The third kappa shape index (κ3) is 4.45. The van der Waals surface area contributed by atoms with Crippen LogP contribution in [0.5, 0.6) is 0 Å². The van der Waals surface area contributed by atoms with Crippen LogP contribution >= 0.6 is 23.1 Å². The number of nitrogens with two attached hydrogens (primary N) is 1. The topological polar surface area (TPSA) is 93.0 Å². The van der Waals surface area contributed by atoms with Gasteiger partial charge in [-0.3, -0.25) is 4.79 Å². The van der Waals surface area contributed by atoms with Crippen LogP contribution in [0, 0.1) is 0 Å². The molecule has 0 bridgehead atoms. The number of aromatic nitrogens is 1. The minimum Gasteiger partial charge on any atom is -0.366 e. The summed E-state index contributed by atoms with van der Waals surface area (Å²) in [5.41, 5.74) is 8.97. The predicted molar refractivity (Wildman–Crippen MR) is 127 cm³/mol. The number of thioether (sulfide) groups is 1. The van der Waals surface area contributed by atoms with E-state index in [4.69, 9.17) is 5.73 Å². The Hall–Kier alpha value is -1.77. The molecule has 0 radical (unpaired) electrons. The molecule has 1 saturated heterocycles. The summed E-state index contributed by atoms with van der Waals surface area (Å²) < 4.78 is 23.7. The molecule has 8 heteroatoms. The monoisotopic (exact) mass is 462 g/mol. The fourth-order valence-electron chi connectivity index (χ4n) is 3.99. The smallest absolute Gasteiger partial charge is 0.250 e. The Bertz CT molecular complexity index is 1180. The third-order valence-corrected chi connectivity index (χ3v) is 9.76. The summed E-state index contributed by atoms with van der Waals surface area (Å²) in [6.45, 7) is 4.38. The summed E-state index contributed by atoms with van der Waals surface area (Å²) in [6, 6.07) is 8.23. The lowest BCUT2D eigenvalue weighted by Gasteiger charge is -2.21. The van der Waals surface area contributed by atoms with Gasteiger partial charge in [-0.1, -0.05) is 13.8 Å². The predicted octanol–water partition coefficient (Wildman–Crippen LogP) is 4.93. The van der Waals surface area contributed by atoms with Crippen molar-refractivity contribution >= 4 is 49.7 Å². The molecular formula is C22H26N2O3S3. The standard InChI is InChI=1S/C22H26N2O3S3/c1-13(2)28-12-16-3-4-20(29-16)15-9-17-19(14-5-7-30(26,27)8-6-14)11-24-21(17)18(10-15)22(23)25/h3-4,9-11,13-14,24H,5-8,12H2,1-2H3,(H2,23,25). The van der Waals surface area contributed by atoms with E-state index in [-0.39, 0.29) is 17.4 Å². The van der Waals surface area contributed by atoms with E-state index in [0.29, 0.717) is 23.7 Å². The molecule has 0 saturated carbocycles. The van der Waals surface area contributed by atoms with Gasteiger partial charge >= 0.3 is 0 Å². The van der Waals surface area contributed by atoms with Crippen molar-refractivity contribution in [2.45, 2.75) is 43.6 Å². The number of carbonyl (C=O) groups is 1. The Morgan fingerprint density at radius 2 is 2.00 bits per heavy atom. The summed E-state index contributed by atoms with van der Waals surface area (Å²) in [6.07, 6.45) is 3.14. The number of benzene rings is 1. The highest BCUT2D eigenvalue weighted by Gasteiger charge is 2.27. The van der Waals surface area contributed by atoms with E-state index < -0.39 is 15.7 Å². The molecular weight excluding hydrogens is 436 g/mol. The maximum absolute atomic E-state index is 12.2. The molecule has 160 valence electrons. The molecule has 0 spiro atoms. The van der Waals surface area contributed by atoms with Crippen LogP contribution in [0.4, 0.5) is 0 Å². The number of rotatable bonds is 6. The molecule has 1 fully saturated rings. The average molecular weight is 463 g/mol. The highest BCUT2D eigenvalue weighted by Crippen LogP contribution is 2.39. The fourth-order valence-corrected chi connectivity index (χ4v) is 7.30. The van der Waals surface area contributed by atoms with Crippen molar-refractivity contribution < 1.29 is 13.2 Å². The van der Waals surface area contributed by atoms with Crippen LogP contribution < -0.4 is 5.73 Å². The molecule has 1 aliphatic rings. The van der Waals surface area contributed by atoms with Crippen molar-refractivity contribution in [2.75, 3.05) is 11.5 Å². The molecule has 3 heterocycles. The lowest BCUT2D eigenvalue weighted by Crippen LogP contribution is -2.22. The number of aromatic amines is 1. The summed E-state index contributed by atoms with van der Waals surface area (Å²) >= 11 is 3.65. The number of hydrogen-bond acceptors (Lipinski definition) is 5. The molecule has 30 heavy (non-hydrogen) atoms. The van der Waals surface area contributed by atoms with E-state index in [2.05, 4.69) is 37.0 Å². The van der Waals surface area contributed by atoms with Crippen molar-refractivity contribution in [2.24, 2.45) is 5.73 Å². The molecule has 2 aromatic heterocycles. The van der Waals surface area contributed by atoms with Gasteiger partial charge in [0, 0.05) is 27.1 Å². The lowest BCUT2D eigenvalue weighted by atomic mass is 9.91. The van der Waals surface area contributed by atoms with Crippen molar-refractivity contribution in [3.05, 3.63) is 46.5 Å². The molecule has 0 aliphatic carbocycles. The fraction of sp³-hybridized carbons (Fsp3) is 0.409. The quantitative estimate of drug-likeness (QED) is 0.543. The van der Waals surface area contributed by atoms with Crippen LogP contribution in [0.25, 0.3) is 21.3 Å². The largest absolute Gasteiger partial charge is 0.366 e. The Morgan fingerprint density at radius 3 is 2.67 bits per heavy atom. The Kier molecular flexibility index (Phi) is 6.01. The molecule has 3 aromatic rings. The second-order valence-electron chi connectivity index (χ2n) is 8.11. The minimum atomic E-state index is -2.93. The lowest BCUT2D eigenvalue weighted by molar-refractivity contribution is 0.100. The molecule has 1 aromatic carbocycles. The van der Waals surface area contributed by atoms with Gasteiger partial charge in [-0.05, 0) is 59.4 Å². The number of nitrogens with one attached hydrogen (secondary N) is 1. The normalized spacial score (nSPS) is 17.0. The summed E-state index contributed by atoms with van der Waals surface area (Å²) in [7, 11) is -2.93. The highest BCUT2D eigenvalue weighted by atomic mass is 32.2. The molecule has 0 atom stereocenters. The molecule has 4 rings (SSSR count). The Morgan fingerprint density at radius 1 is 1.27 bits per heavy atom. The first-order chi connectivity index (χ1) is 14.2. The van der Waals surface area contributed by atoms with Gasteiger partial charge in [0.25, 0.3) is 5.91 Å². The number of fused-ring (bicyclic) bond motifs is 1. The number of thiophene rings is 1.